The molecular formula is C28H28ClN3O5. The number of imide groups is 1. The summed E-state index contributed by atoms with van der Waals surface area (Å²) in [5.41, 5.74) is 2.94. The summed E-state index contributed by atoms with van der Waals surface area (Å²) in [5.74, 6) is -0.756. The molecular weight excluding hydrogens is 494 g/mol. The van der Waals surface area contributed by atoms with Crippen LogP contribution in [0.2, 0.25) is 5.02 Å². The number of phenolic OH excluding ortho intramolecular Hbond substituents is 1. The van der Waals surface area contributed by atoms with E-state index in [4.69, 9.17) is 16.3 Å². The lowest BCUT2D eigenvalue weighted by Gasteiger charge is -2.14. The maximum atomic E-state index is 13.1. The number of amides is 2. The molecule has 1 aliphatic heterocycles. The van der Waals surface area contributed by atoms with Gasteiger partial charge in [-0.15, -0.1) is 0 Å². The molecule has 0 bridgehead atoms. The van der Waals surface area contributed by atoms with Gasteiger partial charge in [0.2, 0.25) is 0 Å². The highest BCUT2D eigenvalue weighted by molar-refractivity contribution is 6.36. The maximum Gasteiger partial charge on any atom is 0.259 e. The summed E-state index contributed by atoms with van der Waals surface area (Å²) in [6, 6.07) is 12.2. The lowest BCUT2D eigenvalue weighted by molar-refractivity contribution is 0.0880. The molecule has 0 fully saturated rings. The van der Waals surface area contributed by atoms with Gasteiger partial charge in [-0.2, -0.15) is 0 Å². The van der Waals surface area contributed by atoms with Crippen LogP contribution in [0.25, 0.3) is 32.9 Å². The van der Waals surface area contributed by atoms with Crippen molar-refractivity contribution in [1.29, 1.82) is 0 Å². The van der Waals surface area contributed by atoms with E-state index in [1.165, 1.54) is 0 Å². The Morgan fingerprint density at radius 3 is 2.54 bits per heavy atom. The molecule has 5 rings (SSSR count). The van der Waals surface area contributed by atoms with E-state index in [9.17, 15) is 19.8 Å². The molecule has 4 aromatic rings. The Morgan fingerprint density at radius 1 is 1.05 bits per heavy atom. The van der Waals surface area contributed by atoms with Gasteiger partial charge in [0.15, 0.2) is 11.5 Å². The number of ether oxygens (including phenoxy) is 1. The van der Waals surface area contributed by atoms with Crippen molar-refractivity contribution in [2.75, 3.05) is 33.4 Å². The van der Waals surface area contributed by atoms with E-state index < -0.39 is 11.8 Å². The number of nitrogens with zero attached hydrogens (tertiary/aromatic N) is 2. The van der Waals surface area contributed by atoms with Crippen LogP contribution in [0.3, 0.4) is 0 Å². The van der Waals surface area contributed by atoms with Crippen molar-refractivity contribution in [1.82, 2.24) is 14.8 Å². The number of phenols is 1. The topological polar surface area (TPSA) is 104 Å². The van der Waals surface area contributed by atoms with E-state index in [2.05, 4.69) is 17.1 Å². The van der Waals surface area contributed by atoms with Gasteiger partial charge in [-0.1, -0.05) is 36.7 Å². The molecule has 0 saturated carbocycles. The van der Waals surface area contributed by atoms with Crippen LogP contribution in [0.5, 0.6) is 11.5 Å². The van der Waals surface area contributed by atoms with Gasteiger partial charge in [-0.3, -0.25) is 14.9 Å². The molecule has 8 nitrogen and oxygen atoms in total. The Hall–Kier alpha value is -3.59. The number of hydrogen-bond donors (Lipinski definition) is 3. The van der Waals surface area contributed by atoms with Crippen LogP contribution in [0.1, 0.15) is 34.1 Å². The number of nitrogens with one attached hydrogen (secondary N) is 1. The number of aromatic hydroxyl groups is 1. The zero-order valence-corrected chi connectivity index (χ0v) is 21.4. The number of aromatic nitrogens is 1. The van der Waals surface area contributed by atoms with Crippen molar-refractivity contribution >= 4 is 45.2 Å². The molecule has 2 amide bonds. The number of carbonyl (C=O) groups excluding carboxylic acids is 2. The van der Waals surface area contributed by atoms with E-state index in [0.717, 1.165) is 19.5 Å². The molecule has 9 heteroatoms. The van der Waals surface area contributed by atoms with Crippen LogP contribution >= 0.6 is 11.6 Å². The molecule has 37 heavy (non-hydrogen) atoms. The third kappa shape index (κ3) is 4.31. The highest BCUT2D eigenvalue weighted by Gasteiger charge is 2.35. The first-order chi connectivity index (χ1) is 17.8. The second kappa shape index (κ2) is 10.0. The molecule has 0 atom stereocenters. The predicted molar refractivity (Wildman–Crippen MR) is 144 cm³/mol. The van der Waals surface area contributed by atoms with E-state index >= 15 is 0 Å². The summed E-state index contributed by atoms with van der Waals surface area (Å²) in [6.45, 7) is 4.40. The number of aliphatic hydroxyl groups excluding tert-OH is 1. The van der Waals surface area contributed by atoms with E-state index in [1.54, 1.807) is 30.3 Å². The average molecular weight is 522 g/mol. The lowest BCUT2D eigenvalue weighted by Crippen LogP contribution is -2.20. The van der Waals surface area contributed by atoms with Gasteiger partial charge in [0.25, 0.3) is 11.8 Å². The highest BCUT2D eigenvalue weighted by atomic mass is 35.5. The lowest BCUT2D eigenvalue weighted by atomic mass is 9.93. The van der Waals surface area contributed by atoms with Gasteiger partial charge < -0.3 is 24.4 Å². The number of hydrogen-bond acceptors (Lipinski definition) is 6. The first kappa shape index (κ1) is 25.1. The third-order valence-electron chi connectivity index (χ3n) is 6.89. The van der Waals surface area contributed by atoms with Crippen LogP contribution in [-0.4, -0.2) is 64.8 Å². The molecule has 0 spiro atoms. The number of carbonyl (C=O) groups is 2. The Labute approximate surface area is 219 Å². The van der Waals surface area contributed by atoms with Gasteiger partial charge in [-0.25, -0.2) is 0 Å². The molecule has 0 radical (unpaired) electrons. The smallest absolute Gasteiger partial charge is 0.259 e. The number of halogens is 1. The zero-order valence-electron chi connectivity index (χ0n) is 20.7. The van der Waals surface area contributed by atoms with Gasteiger partial charge in [-0.05, 0) is 43.8 Å². The van der Waals surface area contributed by atoms with Gasteiger partial charge in [0, 0.05) is 40.5 Å². The van der Waals surface area contributed by atoms with E-state index in [1.807, 2.05) is 23.7 Å². The first-order valence-corrected chi connectivity index (χ1v) is 12.6. The standard InChI is InChI=1S/C28H28ClN3O5/c1-3-31(2)9-6-12-37-23-15-20-18(14-22(23)34)24-21(32(20)10-11-33)13-17(16-7-4-5-8-19(16)29)25-26(24)28(36)30-27(25)35/h4-5,7-8,13-15,33-34H,3,6,9-12H2,1-2H3,(H,30,35,36). The fourth-order valence-electron chi connectivity index (χ4n) is 4.98. The fourth-order valence-corrected chi connectivity index (χ4v) is 5.22. The molecule has 3 N–H and O–H groups in total. The fraction of sp³-hybridized carbons (Fsp3) is 0.286. The summed E-state index contributed by atoms with van der Waals surface area (Å²) in [6.07, 6.45) is 0.790. The SMILES string of the molecule is CCN(C)CCCOc1cc2c(cc1O)c1c3c(c(-c4ccccc4Cl)cc1n2CCO)C(=O)NC3=O. The normalized spacial score (nSPS) is 13.1. The Kier molecular flexibility index (Phi) is 6.81. The van der Waals surface area contributed by atoms with E-state index in [-0.39, 0.29) is 30.0 Å². The van der Waals surface area contributed by atoms with Crippen LogP contribution in [0.15, 0.2) is 42.5 Å². The van der Waals surface area contributed by atoms with Crippen LogP contribution in [0, 0.1) is 0 Å². The Balaban J connectivity index is 1.73. The van der Waals surface area contributed by atoms with Gasteiger partial charge in [0.05, 0.1) is 35.4 Å². The Bertz CT molecular complexity index is 1540. The molecule has 1 aliphatic rings. The van der Waals surface area contributed by atoms with Crippen LogP contribution in [0.4, 0.5) is 0 Å². The van der Waals surface area contributed by atoms with Crippen molar-refractivity contribution in [3.8, 4) is 22.6 Å². The number of fused-ring (bicyclic) bond motifs is 5. The highest BCUT2D eigenvalue weighted by Crippen LogP contribution is 2.44. The summed E-state index contributed by atoms with van der Waals surface area (Å²) in [5, 5.41) is 24.7. The average Bonchev–Trinajstić information content (AvgIpc) is 3.34. The molecule has 0 unspecified atom stereocenters. The minimum atomic E-state index is -0.512. The summed E-state index contributed by atoms with van der Waals surface area (Å²) < 4.78 is 7.78. The molecule has 2 heterocycles. The molecule has 3 aromatic carbocycles. The number of benzene rings is 3. The molecule has 0 saturated heterocycles. The largest absolute Gasteiger partial charge is 0.504 e. The van der Waals surface area contributed by atoms with Crippen molar-refractivity contribution in [2.45, 2.75) is 19.9 Å². The minimum absolute atomic E-state index is 0.0620. The second-order valence-electron chi connectivity index (χ2n) is 9.14. The molecule has 192 valence electrons. The van der Waals surface area contributed by atoms with Crippen molar-refractivity contribution in [3.63, 3.8) is 0 Å². The number of rotatable bonds is 9. The van der Waals surface area contributed by atoms with E-state index in [0.29, 0.717) is 50.3 Å². The first-order valence-electron chi connectivity index (χ1n) is 12.2. The van der Waals surface area contributed by atoms with Crippen molar-refractivity contribution < 1.29 is 24.5 Å². The van der Waals surface area contributed by atoms with Gasteiger partial charge in [0.1, 0.15) is 0 Å². The van der Waals surface area contributed by atoms with Crippen LogP contribution < -0.4 is 10.1 Å². The molecule has 0 aliphatic carbocycles. The summed E-state index contributed by atoms with van der Waals surface area (Å²) in [4.78, 5) is 28.2. The van der Waals surface area contributed by atoms with Crippen molar-refractivity contribution in [3.05, 3.63) is 58.6 Å². The van der Waals surface area contributed by atoms with Crippen molar-refractivity contribution in [2.24, 2.45) is 0 Å². The second-order valence-corrected chi connectivity index (χ2v) is 9.55. The quantitative estimate of drug-likeness (QED) is 0.222. The summed E-state index contributed by atoms with van der Waals surface area (Å²) in [7, 11) is 2.03. The Morgan fingerprint density at radius 2 is 1.81 bits per heavy atom. The predicted octanol–water partition coefficient (Wildman–Crippen LogP) is 4.42. The summed E-state index contributed by atoms with van der Waals surface area (Å²) >= 11 is 6.49. The third-order valence-corrected chi connectivity index (χ3v) is 7.21. The molecule has 1 aromatic heterocycles. The monoisotopic (exact) mass is 521 g/mol. The maximum absolute atomic E-state index is 13.1. The minimum Gasteiger partial charge on any atom is -0.504 e. The number of aliphatic hydroxyl groups is 1. The zero-order chi connectivity index (χ0) is 26.3. The van der Waals surface area contributed by atoms with Gasteiger partial charge >= 0.3 is 0 Å². The van der Waals surface area contributed by atoms with Crippen LogP contribution in [-0.2, 0) is 6.54 Å².